The van der Waals surface area contributed by atoms with E-state index in [0.29, 0.717) is 5.25 Å². The van der Waals surface area contributed by atoms with E-state index in [2.05, 4.69) is 71.2 Å². The molecule has 2 rings (SSSR count). The minimum Gasteiger partial charge on any atom is -0.121 e. The Morgan fingerprint density at radius 1 is 1.00 bits per heavy atom. The molecule has 0 bridgehead atoms. The van der Waals surface area contributed by atoms with Crippen molar-refractivity contribution in [3.8, 4) is 0 Å². The van der Waals surface area contributed by atoms with Crippen LogP contribution in [0.1, 0.15) is 65.0 Å². The summed E-state index contributed by atoms with van der Waals surface area (Å²) in [4.78, 5) is 0. The maximum Gasteiger partial charge on any atom is 0.0513 e. The molecule has 0 aliphatic heterocycles. The van der Waals surface area contributed by atoms with Crippen molar-refractivity contribution < 1.29 is 0 Å². The highest BCUT2D eigenvalue weighted by Crippen LogP contribution is 2.41. The fourth-order valence-corrected chi connectivity index (χ4v) is 4.53. The van der Waals surface area contributed by atoms with Crippen molar-refractivity contribution in [3.05, 3.63) is 63.1 Å². The van der Waals surface area contributed by atoms with Crippen molar-refractivity contribution in [1.82, 2.24) is 0 Å². The van der Waals surface area contributed by atoms with Gasteiger partial charge in [0.1, 0.15) is 0 Å². The van der Waals surface area contributed by atoms with Gasteiger partial charge in [0.25, 0.3) is 0 Å². The quantitative estimate of drug-likeness (QED) is 0.528. The van der Waals surface area contributed by atoms with Crippen LogP contribution in [0.2, 0.25) is 0 Å². The lowest BCUT2D eigenvalue weighted by atomic mass is 9.98. The van der Waals surface area contributed by atoms with E-state index in [1.165, 1.54) is 58.3 Å². The lowest BCUT2D eigenvalue weighted by Crippen LogP contribution is -2.01. The van der Waals surface area contributed by atoms with E-state index in [1.807, 2.05) is 11.8 Å². The maximum atomic E-state index is 2.43. The van der Waals surface area contributed by atoms with Crippen molar-refractivity contribution in [1.29, 1.82) is 0 Å². The number of allylic oxidation sites excluding steroid dienone is 3. The first kappa shape index (κ1) is 18.1. The van der Waals surface area contributed by atoms with Crippen molar-refractivity contribution in [2.75, 3.05) is 0 Å². The van der Waals surface area contributed by atoms with Gasteiger partial charge in [0.05, 0.1) is 5.25 Å². The second kappa shape index (κ2) is 8.06. The second-order valence-electron chi connectivity index (χ2n) is 6.69. The van der Waals surface area contributed by atoms with Crippen LogP contribution in [-0.4, -0.2) is 5.25 Å². The van der Waals surface area contributed by atoms with Gasteiger partial charge in [-0.2, -0.15) is 0 Å². The van der Waals surface area contributed by atoms with Gasteiger partial charge in [0, 0.05) is 0 Å². The van der Waals surface area contributed by atoms with Crippen molar-refractivity contribution >= 4 is 17.3 Å². The Balaban J connectivity index is 2.27. The van der Waals surface area contributed by atoms with Crippen molar-refractivity contribution in [3.63, 3.8) is 0 Å². The van der Waals surface area contributed by atoms with Crippen LogP contribution in [0.15, 0.2) is 52.0 Å². The van der Waals surface area contributed by atoms with Gasteiger partial charge >= 0.3 is 0 Å². The first-order chi connectivity index (χ1) is 11.0. The van der Waals surface area contributed by atoms with E-state index in [0.717, 1.165) is 0 Å². The molecule has 1 heteroatoms. The molecule has 0 amide bonds. The molecule has 23 heavy (non-hydrogen) atoms. The summed E-state index contributed by atoms with van der Waals surface area (Å²) in [6.07, 6.45) is 3.67. The number of benzene rings is 1. The Bertz CT molecular complexity index is 634. The summed E-state index contributed by atoms with van der Waals surface area (Å²) in [7, 11) is 0. The third-order valence-corrected chi connectivity index (χ3v) is 6.57. The van der Waals surface area contributed by atoms with Gasteiger partial charge < -0.3 is 0 Å². The van der Waals surface area contributed by atoms with Crippen LogP contribution < -0.4 is 0 Å². The summed E-state index contributed by atoms with van der Waals surface area (Å²) in [5.74, 6) is 0. The molecule has 0 aromatic heterocycles. The first-order valence-corrected chi connectivity index (χ1v) is 9.67. The number of rotatable bonds is 6. The topological polar surface area (TPSA) is 0 Å². The van der Waals surface area contributed by atoms with Crippen LogP contribution in [0.4, 0.5) is 0 Å². The Hall–Kier alpha value is -1.21. The number of thioether (sulfide) groups is 1. The lowest BCUT2D eigenvalue weighted by molar-refractivity contribution is 0.824. The summed E-state index contributed by atoms with van der Waals surface area (Å²) in [5, 5.41) is 2.96. The molecule has 1 aliphatic rings. The predicted molar refractivity (Wildman–Crippen MR) is 107 cm³/mol. The van der Waals surface area contributed by atoms with Crippen LogP contribution >= 0.6 is 11.8 Å². The average Bonchev–Trinajstić information content (AvgIpc) is 2.73. The molecule has 1 aromatic rings. The van der Waals surface area contributed by atoms with Gasteiger partial charge in [-0.25, -0.2) is 0 Å². The normalized spacial score (nSPS) is 16.7. The second-order valence-corrected chi connectivity index (χ2v) is 7.67. The molecule has 0 N–H and O–H groups in total. The molecular weight excluding hydrogens is 296 g/mol. The van der Waals surface area contributed by atoms with Crippen LogP contribution in [0.5, 0.6) is 0 Å². The van der Waals surface area contributed by atoms with Gasteiger partial charge in [-0.05, 0) is 80.7 Å². The molecule has 0 heterocycles. The number of hydrogen-bond acceptors (Lipinski definition) is 1. The lowest BCUT2D eigenvalue weighted by Gasteiger charge is -2.15. The molecule has 0 saturated carbocycles. The Morgan fingerprint density at radius 2 is 1.61 bits per heavy atom. The number of aryl methyl sites for hydroxylation is 1. The minimum absolute atomic E-state index is 0.524. The van der Waals surface area contributed by atoms with Crippen molar-refractivity contribution in [2.24, 2.45) is 0 Å². The van der Waals surface area contributed by atoms with Crippen LogP contribution in [0.3, 0.4) is 0 Å². The zero-order valence-corrected chi connectivity index (χ0v) is 16.3. The van der Waals surface area contributed by atoms with Crippen molar-refractivity contribution in [2.45, 2.75) is 66.1 Å². The molecule has 0 spiro atoms. The van der Waals surface area contributed by atoms with E-state index >= 15 is 0 Å². The van der Waals surface area contributed by atoms with Gasteiger partial charge in [0.15, 0.2) is 0 Å². The number of hydrogen-bond donors (Lipinski definition) is 0. The molecule has 0 nitrogen and oxygen atoms in total. The first-order valence-electron chi connectivity index (χ1n) is 8.73. The highest BCUT2D eigenvalue weighted by molar-refractivity contribution is 8.03. The molecule has 0 atom stereocenters. The molecule has 1 aliphatic carbocycles. The standard InChI is InChI=1S/C22H30S/c1-7-8-12-20(21-13-10-9-11-15(21)2)14-23-22-18(5)16(3)17(4)19(22)6/h9-11,13-14,22H,7-8,12H2,1-6H3/b20-14-. The minimum atomic E-state index is 0.524. The Morgan fingerprint density at radius 3 is 2.17 bits per heavy atom. The summed E-state index contributed by atoms with van der Waals surface area (Å²) in [5.41, 5.74) is 10.3. The predicted octanol–water partition coefficient (Wildman–Crippen LogP) is 7.31. The maximum absolute atomic E-state index is 2.43. The molecule has 1 aromatic carbocycles. The smallest absolute Gasteiger partial charge is 0.0513 e. The SMILES string of the molecule is CCCC/C(=C/SC1C(C)=C(C)C(C)=C1C)c1ccccc1C. The van der Waals surface area contributed by atoms with E-state index < -0.39 is 0 Å². The highest BCUT2D eigenvalue weighted by atomic mass is 32.2. The average molecular weight is 327 g/mol. The fourth-order valence-electron chi connectivity index (χ4n) is 3.22. The summed E-state index contributed by atoms with van der Waals surface area (Å²) in [6, 6.07) is 8.79. The largest absolute Gasteiger partial charge is 0.121 e. The zero-order chi connectivity index (χ0) is 17.0. The number of unbranched alkanes of at least 4 members (excludes halogenated alkanes) is 1. The van der Waals surface area contributed by atoms with Crippen LogP contribution in [0.25, 0.3) is 5.57 Å². The molecule has 0 unspecified atom stereocenters. The van der Waals surface area contributed by atoms with E-state index in [-0.39, 0.29) is 0 Å². The van der Waals surface area contributed by atoms with Crippen LogP contribution in [0, 0.1) is 6.92 Å². The van der Waals surface area contributed by atoms with E-state index in [1.54, 1.807) is 0 Å². The fraction of sp³-hybridized carbons (Fsp3) is 0.455. The van der Waals surface area contributed by atoms with E-state index in [9.17, 15) is 0 Å². The highest BCUT2D eigenvalue weighted by Gasteiger charge is 2.24. The third-order valence-electron chi connectivity index (χ3n) is 5.17. The summed E-state index contributed by atoms with van der Waals surface area (Å²) < 4.78 is 0. The molecule has 0 radical (unpaired) electrons. The zero-order valence-electron chi connectivity index (χ0n) is 15.5. The Labute approximate surface area is 146 Å². The van der Waals surface area contributed by atoms with Gasteiger partial charge in [-0.3, -0.25) is 0 Å². The van der Waals surface area contributed by atoms with E-state index in [4.69, 9.17) is 0 Å². The summed E-state index contributed by atoms with van der Waals surface area (Å²) in [6.45, 7) is 13.6. The summed E-state index contributed by atoms with van der Waals surface area (Å²) >= 11 is 1.99. The molecule has 0 saturated heterocycles. The third kappa shape index (κ3) is 4.01. The molecule has 0 fully saturated rings. The van der Waals surface area contributed by atoms with Gasteiger partial charge in [0.2, 0.25) is 0 Å². The van der Waals surface area contributed by atoms with Gasteiger partial charge in [-0.15, -0.1) is 11.8 Å². The molecular formula is C22H30S. The monoisotopic (exact) mass is 326 g/mol. The van der Waals surface area contributed by atoms with Gasteiger partial charge in [-0.1, -0.05) is 48.8 Å². The Kier molecular flexibility index (Phi) is 6.35. The van der Waals surface area contributed by atoms with Crippen LogP contribution in [-0.2, 0) is 0 Å². The molecule has 124 valence electrons.